The number of rotatable bonds is 10. The normalized spacial score (nSPS) is 10.7. The molecule has 0 aliphatic carbocycles. The minimum absolute atomic E-state index is 0.0971. The Hall–Kier alpha value is -3.95. The van der Waals surface area contributed by atoms with E-state index in [-0.39, 0.29) is 42.3 Å². The highest BCUT2D eigenvalue weighted by Crippen LogP contribution is 2.34. The lowest BCUT2D eigenvalue weighted by Crippen LogP contribution is -2.27. The number of hydrogen-bond donors (Lipinski definition) is 1. The minimum atomic E-state index is -0.492. The van der Waals surface area contributed by atoms with Crippen LogP contribution in [0.5, 0.6) is 11.5 Å². The van der Waals surface area contributed by atoms with Gasteiger partial charge in [0.1, 0.15) is 0 Å². The first-order chi connectivity index (χ1) is 15.4. The van der Waals surface area contributed by atoms with Crippen molar-refractivity contribution in [3.8, 4) is 11.5 Å². The van der Waals surface area contributed by atoms with Crippen LogP contribution in [0.3, 0.4) is 0 Å². The number of nitrogens with zero attached hydrogens (tertiary/aromatic N) is 3. The molecule has 0 atom stereocenters. The fourth-order valence-electron chi connectivity index (χ4n) is 3.38. The van der Waals surface area contributed by atoms with Crippen molar-refractivity contribution in [1.82, 2.24) is 14.9 Å². The van der Waals surface area contributed by atoms with Crippen molar-refractivity contribution in [2.45, 2.75) is 25.8 Å². The van der Waals surface area contributed by atoms with Gasteiger partial charge >= 0.3 is 0 Å². The zero-order chi connectivity index (χ0) is 23.1. The monoisotopic (exact) mass is 440 g/mol. The van der Waals surface area contributed by atoms with E-state index in [1.54, 1.807) is 24.3 Å². The van der Waals surface area contributed by atoms with Crippen molar-refractivity contribution in [3.63, 3.8) is 0 Å². The molecule has 0 fully saturated rings. The summed E-state index contributed by atoms with van der Waals surface area (Å²) in [6.07, 6.45) is 2.42. The maximum absolute atomic E-state index is 12.5. The van der Waals surface area contributed by atoms with E-state index in [9.17, 15) is 19.7 Å². The first-order valence-electron chi connectivity index (χ1n) is 10.0. The average molecular weight is 440 g/mol. The van der Waals surface area contributed by atoms with Gasteiger partial charge in [-0.05, 0) is 31.0 Å². The topological polar surface area (TPSA) is 126 Å². The number of aryl methyl sites for hydroxylation is 1. The van der Waals surface area contributed by atoms with Gasteiger partial charge < -0.3 is 14.8 Å². The van der Waals surface area contributed by atoms with Crippen LogP contribution < -0.4 is 20.3 Å². The van der Waals surface area contributed by atoms with Crippen molar-refractivity contribution >= 4 is 22.5 Å². The summed E-state index contributed by atoms with van der Waals surface area (Å²) < 4.78 is 11.8. The molecule has 0 radical (unpaired) electrons. The maximum Gasteiger partial charge on any atom is 0.276 e. The van der Waals surface area contributed by atoms with Gasteiger partial charge in [0.15, 0.2) is 11.5 Å². The fraction of sp³-hybridized carbons (Fsp3) is 0.318. The predicted molar refractivity (Wildman–Crippen MR) is 118 cm³/mol. The van der Waals surface area contributed by atoms with Crippen LogP contribution in [0.25, 0.3) is 10.9 Å². The lowest BCUT2D eigenvalue weighted by atomic mass is 10.1. The Bertz CT molecular complexity index is 1190. The summed E-state index contributed by atoms with van der Waals surface area (Å²) in [5.74, 6) is 0.453. The SMILES string of the molecule is COc1cc(CCNC(=O)CCCn2cnc3ccccc3c2=O)c([N+](=O)[O-])cc1OC. The second-order valence-corrected chi connectivity index (χ2v) is 7.06. The van der Waals surface area contributed by atoms with Gasteiger partial charge in [-0.25, -0.2) is 4.98 Å². The third kappa shape index (κ3) is 5.20. The highest BCUT2D eigenvalue weighted by Gasteiger charge is 2.19. The summed E-state index contributed by atoms with van der Waals surface area (Å²) in [6, 6.07) is 9.96. The Kier molecular flexibility index (Phi) is 7.37. The summed E-state index contributed by atoms with van der Waals surface area (Å²) in [5, 5.41) is 14.7. The van der Waals surface area contributed by atoms with Gasteiger partial charge in [-0.1, -0.05) is 12.1 Å². The van der Waals surface area contributed by atoms with Gasteiger partial charge in [-0.2, -0.15) is 0 Å². The smallest absolute Gasteiger partial charge is 0.276 e. The van der Waals surface area contributed by atoms with E-state index >= 15 is 0 Å². The molecule has 1 amide bonds. The molecule has 32 heavy (non-hydrogen) atoms. The van der Waals surface area contributed by atoms with E-state index in [0.29, 0.717) is 35.2 Å². The maximum atomic E-state index is 12.5. The van der Waals surface area contributed by atoms with Crippen LogP contribution in [-0.2, 0) is 17.8 Å². The molecule has 3 rings (SSSR count). The van der Waals surface area contributed by atoms with E-state index in [1.165, 1.54) is 31.2 Å². The Labute approximate surface area is 183 Å². The number of nitro benzene ring substituents is 1. The third-order valence-corrected chi connectivity index (χ3v) is 5.03. The van der Waals surface area contributed by atoms with E-state index in [0.717, 1.165) is 0 Å². The molecule has 0 spiro atoms. The van der Waals surface area contributed by atoms with Gasteiger partial charge in [0.2, 0.25) is 5.91 Å². The molecule has 0 aliphatic rings. The number of nitrogens with one attached hydrogen (secondary N) is 1. The van der Waals surface area contributed by atoms with Crippen molar-refractivity contribution in [2.75, 3.05) is 20.8 Å². The van der Waals surface area contributed by atoms with E-state index in [2.05, 4.69) is 10.3 Å². The second kappa shape index (κ2) is 10.4. The number of amides is 1. The van der Waals surface area contributed by atoms with Crippen LogP contribution in [-0.4, -0.2) is 41.1 Å². The summed E-state index contributed by atoms with van der Waals surface area (Å²) in [4.78, 5) is 39.8. The summed E-state index contributed by atoms with van der Waals surface area (Å²) >= 11 is 0. The van der Waals surface area contributed by atoms with Crippen molar-refractivity contribution in [1.29, 1.82) is 0 Å². The molecule has 0 unspecified atom stereocenters. The molecule has 2 aromatic carbocycles. The number of carbonyl (C=O) groups is 1. The van der Waals surface area contributed by atoms with Gasteiger partial charge in [0.05, 0.1) is 42.4 Å². The quantitative estimate of drug-likeness (QED) is 0.379. The molecular weight excluding hydrogens is 416 g/mol. The molecule has 0 saturated carbocycles. The number of fused-ring (bicyclic) bond motifs is 1. The lowest BCUT2D eigenvalue weighted by molar-refractivity contribution is -0.385. The van der Waals surface area contributed by atoms with Gasteiger partial charge in [-0.15, -0.1) is 0 Å². The van der Waals surface area contributed by atoms with Crippen LogP contribution in [0, 0.1) is 10.1 Å². The van der Waals surface area contributed by atoms with Gasteiger partial charge in [0.25, 0.3) is 11.2 Å². The Morgan fingerprint density at radius 3 is 2.62 bits per heavy atom. The molecule has 0 aliphatic heterocycles. The van der Waals surface area contributed by atoms with Crippen molar-refractivity contribution in [2.24, 2.45) is 0 Å². The molecule has 1 heterocycles. The summed E-state index contributed by atoms with van der Waals surface area (Å²) in [7, 11) is 2.86. The number of carbonyl (C=O) groups excluding carboxylic acids is 1. The fourth-order valence-corrected chi connectivity index (χ4v) is 3.38. The Balaban J connectivity index is 1.53. The molecule has 1 N–H and O–H groups in total. The minimum Gasteiger partial charge on any atom is -0.493 e. The predicted octanol–water partition coefficient (Wildman–Crippen LogP) is 2.46. The highest BCUT2D eigenvalue weighted by molar-refractivity contribution is 5.77. The highest BCUT2D eigenvalue weighted by atomic mass is 16.6. The molecule has 1 aromatic heterocycles. The Morgan fingerprint density at radius 2 is 1.91 bits per heavy atom. The summed E-state index contributed by atoms with van der Waals surface area (Å²) in [5.41, 5.74) is 0.828. The van der Waals surface area contributed by atoms with Crippen molar-refractivity contribution < 1.29 is 19.2 Å². The molecule has 168 valence electrons. The molecule has 10 heteroatoms. The van der Waals surface area contributed by atoms with Gasteiger partial charge in [-0.3, -0.25) is 24.3 Å². The zero-order valence-electron chi connectivity index (χ0n) is 17.9. The zero-order valence-corrected chi connectivity index (χ0v) is 17.9. The lowest BCUT2D eigenvalue weighted by Gasteiger charge is -2.11. The van der Waals surface area contributed by atoms with Crippen LogP contribution in [0.4, 0.5) is 5.69 Å². The van der Waals surface area contributed by atoms with Gasteiger partial charge in [0, 0.05) is 25.1 Å². The molecular formula is C22H24N4O6. The first kappa shape index (κ1) is 22.7. The Morgan fingerprint density at radius 1 is 1.19 bits per heavy atom. The number of methoxy groups -OCH3 is 2. The van der Waals surface area contributed by atoms with Crippen LogP contribution in [0.15, 0.2) is 47.5 Å². The number of ether oxygens (including phenoxy) is 2. The van der Waals surface area contributed by atoms with E-state index < -0.39 is 4.92 Å². The standard InChI is InChI=1S/C22H24N4O6/c1-31-19-12-15(18(26(29)30)13-20(19)32-2)9-10-23-21(27)8-5-11-25-14-24-17-7-4-3-6-16(17)22(25)28/h3-4,6-7,12-14H,5,8-11H2,1-2H3,(H,23,27). The molecule has 10 nitrogen and oxygen atoms in total. The number of hydrogen-bond acceptors (Lipinski definition) is 7. The number of benzene rings is 2. The third-order valence-electron chi connectivity index (χ3n) is 5.03. The average Bonchev–Trinajstić information content (AvgIpc) is 2.80. The number of para-hydroxylation sites is 1. The van der Waals surface area contributed by atoms with Crippen molar-refractivity contribution in [3.05, 3.63) is 68.8 Å². The first-order valence-corrected chi connectivity index (χ1v) is 10.0. The van der Waals surface area contributed by atoms with Crippen LogP contribution in [0.2, 0.25) is 0 Å². The number of aromatic nitrogens is 2. The van der Waals surface area contributed by atoms with Crippen LogP contribution >= 0.6 is 0 Å². The van der Waals surface area contributed by atoms with E-state index in [4.69, 9.17) is 9.47 Å². The number of nitro groups is 1. The summed E-state index contributed by atoms with van der Waals surface area (Å²) in [6.45, 7) is 0.595. The molecule has 0 saturated heterocycles. The molecule has 3 aromatic rings. The second-order valence-electron chi connectivity index (χ2n) is 7.06. The largest absolute Gasteiger partial charge is 0.493 e. The van der Waals surface area contributed by atoms with Crippen LogP contribution in [0.1, 0.15) is 18.4 Å². The molecule has 0 bridgehead atoms. The van der Waals surface area contributed by atoms with E-state index in [1.807, 2.05) is 6.07 Å².